The van der Waals surface area contributed by atoms with Crippen molar-refractivity contribution in [3.05, 3.63) is 52.5 Å². The second-order valence-electron chi connectivity index (χ2n) is 3.35. The van der Waals surface area contributed by atoms with Gasteiger partial charge in [0.05, 0.1) is 11.7 Å². The van der Waals surface area contributed by atoms with Crippen LogP contribution >= 0.6 is 15.9 Å². The molecular formula is C11H11BrN4. The Balaban J connectivity index is 2.44. The van der Waals surface area contributed by atoms with Crippen molar-refractivity contribution >= 4 is 21.6 Å². The third kappa shape index (κ3) is 2.05. The highest BCUT2D eigenvalue weighted by molar-refractivity contribution is 9.10. The molecule has 82 valence electrons. The van der Waals surface area contributed by atoms with Crippen molar-refractivity contribution in [2.45, 2.75) is 6.04 Å². The summed E-state index contributed by atoms with van der Waals surface area (Å²) in [5.74, 6) is 0. The predicted octanol–water partition coefficient (Wildman–Crippen LogP) is 1.87. The van der Waals surface area contributed by atoms with Gasteiger partial charge in [-0.15, -0.1) is 0 Å². The van der Waals surface area contributed by atoms with E-state index in [2.05, 4.69) is 25.9 Å². The second-order valence-corrected chi connectivity index (χ2v) is 4.21. The molecular weight excluding hydrogens is 268 g/mol. The Kier molecular flexibility index (Phi) is 3.17. The molecule has 0 aliphatic carbocycles. The Labute approximate surface area is 102 Å². The van der Waals surface area contributed by atoms with Gasteiger partial charge in [-0.05, 0) is 34.1 Å². The van der Waals surface area contributed by atoms with Crippen LogP contribution in [0.3, 0.4) is 0 Å². The van der Waals surface area contributed by atoms with Crippen molar-refractivity contribution < 1.29 is 0 Å². The summed E-state index contributed by atoms with van der Waals surface area (Å²) in [6.07, 6.45) is 5.01. The summed E-state index contributed by atoms with van der Waals surface area (Å²) in [7, 11) is 0. The van der Waals surface area contributed by atoms with Gasteiger partial charge >= 0.3 is 0 Å². The number of nitrogen functional groups attached to an aromatic ring is 1. The lowest BCUT2D eigenvalue weighted by atomic mass is 10.0. The Morgan fingerprint density at radius 1 is 1.25 bits per heavy atom. The first-order chi connectivity index (χ1) is 7.70. The lowest BCUT2D eigenvalue weighted by molar-refractivity contribution is 0.819. The summed E-state index contributed by atoms with van der Waals surface area (Å²) in [6.45, 7) is 0. The number of aromatic nitrogens is 2. The molecule has 0 aliphatic heterocycles. The van der Waals surface area contributed by atoms with Gasteiger partial charge < -0.3 is 11.5 Å². The van der Waals surface area contributed by atoms with Crippen molar-refractivity contribution in [2.75, 3.05) is 5.73 Å². The van der Waals surface area contributed by atoms with Crippen LogP contribution in [-0.2, 0) is 0 Å². The van der Waals surface area contributed by atoms with Crippen LogP contribution in [0.25, 0.3) is 0 Å². The maximum atomic E-state index is 6.11. The minimum absolute atomic E-state index is 0.371. The van der Waals surface area contributed by atoms with E-state index >= 15 is 0 Å². The molecule has 0 saturated carbocycles. The van der Waals surface area contributed by atoms with Crippen molar-refractivity contribution in [3.63, 3.8) is 0 Å². The van der Waals surface area contributed by atoms with Crippen LogP contribution in [0.1, 0.15) is 17.3 Å². The molecule has 5 heteroatoms. The molecule has 2 aromatic heterocycles. The number of nitrogens with zero attached hydrogens (tertiary/aromatic N) is 2. The fraction of sp³-hybridized carbons (Fsp3) is 0.0909. The Morgan fingerprint density at radius 3 is 2.75 bits per heavy atom. The maximum absolute atomic E-state index is 6.11. The van der Waals surface area contributed by atoms with Crippen LogP contribution in [0.5, 0.6) is 0 Å². The fourth-order valence-corrected chi connectivity index (χ4v) is 1.95. The summed E-state index contributed by atoms with van der Waals surface area (Å²) >= 11 is 3.42. The highest BCUT2D eigenvalue weighted by Crippen LogP contribution is 2.26. The number of hydrogen-bond donors (Lipinski definition) is 2. The number of halogens is 1. The Hall–Kier alpha value is -1.46. The van der Waals surface area contributed by atoms with E-state index in [9.17, 15) is 0 Å². The van der Waals surface area contributed by atoms with Crippen molar-refractivity contribution in [3.8, 4) is 0 Å². The molecule has 0 saturated heterocycles. The topological polar surface area (TPSA) is 77.8 Å². The molecule has 0 fully saturated rings. The molecule has 2 heterocycles. The minimum Gasteiger partial charge on any atom is -0.398 e. The molecule has 1 atom stereocenters. The Morgan fingerprint density at radius 2 is 2.06 bits per heavy atom. The lowest BCUT2D eigenvalue weighted by Crippen LogP contribution is -2.16. The SMILES string of the molecule is Nc1ccncc1C(N)c1ncccc1Br. The van der Waals surface area contributed by atoms with E-state index in [0.29, 0.717) is 5.69 Å². The van der Waals surface area contributed by atoms with E-state index in [1.54, 1.807) is 24.7 Å². The number of hydrogen-bond acceptors (Lipinski definition) is 4. The fourth-order valence-electron chi connectivity index (χ4n) is 1.45. The monoisotopic (exact) mass is 278 g/mol. The molecule has 0 spiro atoms. The smallest absolute Gasteiger partial charge is 0.0773 e. The molecule has 2 rings (SSSR count). The number of pyridine rings is 2. The lowest BCUT2D eigenvalue weighted by Gasteiger charge is -2.14. The van der Waals surface area contributed by atoms with Crippen molar-refractivity contribution in [1.82, 2.24) is 9.97 Å². The summed E-state index contributed by atoms with van der Waals surface area (Å²) in [5, 5.41) is 0. The molecule has 0 bridgehead atoms. The first-order valence-electron chi connectivity index (χ1n) is 4.75. The Bertz CT molecular complexity index is 455. The van der Waals surface area contributed by atoms with Gasteiger partial charge in [-0.1, -0.05) is 0 Å². The highest BCUT2D eigenvalue weighted by Gasteiger charge is 2.15. The number of nitrogens with two attached hydrogens (primary N) is 2. The first-order valence-corrected chi connectivity index (χ1v) is 5.55. The van der Waals surface area contributed by atoms with Gasteiger partial charge in [0.1, 0.15) is 0 Å². The largest absolute Gasteiger partial charge is 0.398 e. The van der Waals surface area contributed by atoms with Gasteiger partial charge in [-0.25, -0.2) is 0 Å². The van der Waals surface area contributed by atoms with Crippen LogP contribution in [0.4, 0.5) is 5.69 Å². The molecule has 0 aliphatic rings. The van der Waals surface area contributed by atoms with E-state index < -0.39 is 0 Å². The van der Waals surface area contributed by atoms with Crippen LogP contribution < -0.4 is 11.5 Å². The van der Waals surface area contributed by atoms with Crippen molar-refractivity contribution in [2.24, 2.45) is 5.73 Å². The number of rotatable bonds is 2. The maximum Gasteiger partial charge on any atom is 0.0773 e. The third-order valence-corrected chi connectivity index (χ3v) is 2.97. The summed E-state index contributed by atoms with van der Waals surface area (Å²) in [5.41, 5.74) is 14.1. The molecule has 4 nitrogen and oxygen atoms in total. The van der Waals surface area contributed by atoms with Gasteiger partial charge in [0.15, 0.2) is 0 Å². The molecule has 16 heavy (non-hydrogen) atoms. The normalized spacial score (nSPS) is 12.4. The highest BCUT2D eigenvalue weighted by atomic mass is 79.9. The molecule has 0 radical (unpaired) electrons. The van der Waals surface area contributed by atoms with E-state index in [0.717, 1.165) is 15.7 Å². The summed E-state index contributed by atoms with van der Waals surface area (Å²) in [6, 6.07) is 5.09. The standard InChI is InChI=1S/C11H11BrN4/c12-8-2-1-4-16-11(8)10(14)7-6-15-5-3-9(7)13/h1-6,10H,14H2,(H2,13,15). The van der Waals surface area contributed by atoms with Crippen LogP contribution in [0.2, 0.25) is 0 Å². The van der Waals surface area contributed by atoms with Gasteiger partial charge in [-0.3, -0.25) is 9.97 Å². The molecule has 0 aromatic carbocycles. The summed E-state index contributed by atoms with van der Waals surface area (Å²) < 4.78 is 0.866. The van der Waals surface area contributed by atoms with Crippen molar-refractivity contribution in [1.29, 1.82) is 0 Å². The quantitative estimate of drug-likeness (QED) is 0.879. The predicted molar refractivity (Wildman–Crippen MR) is 66.6 cm³/mol. The van der Waals surface area contributed by atoms with Crippen LogP contribution in [0.15, 0.2) is 41.3 Å². The van der Waals surface area contributed by atoms with E-state index in [4.69, 9.17) is 11.5 Å². The minimum atomic E-state index is -0.371. The zero-order valence-electron chi connectivity index (χ0n) is 8.47. The summed E-state index contributed by atoms with van der Waals surface area (Å²) in [4.78, 5) is 8.26. The zero-order chi connectivity index (χ0) is 11.5. The molecule has 4 N–H and O–H groups in total. The molecule has 0 amide bonds. The van der Waals surface area contributed by atoms with E-state index in [1.807, 2.05) is 12.1 Å². The van der Waals surface area contributed by atoms with E-state index in [-0.39, 0.29) is 6.04 Å². The third-order valence-electron chi connectivity index (χ3n) is 2.30. The molecule has 1 unspecified atom stereocenters. The first kappa shape index (κ1) is 11.0. The zero-order valence-corrected chi connectivity index (χ0v) is 10.1. The van der Waals surface area contributed by atoms with Gasteiger partial charge in [0, 0.05) is 34.3 Å². The molecule has 2 aromatic rings. The van der Waals surface area contributed by atoms with E-state index in [1.165, 1.54) is 0 Å². The van der Waals surface area contributed by atoms with Gasteiger partial charge in [-0.2, -0.15) is 0 Å². The van der Waals surface area contributed by atoms with Gasteiger partial charge in [0.2, 0.25) is 0 Å². The number of anilines is 1. The van der Waals surface area contributed by atoms with Crippen LogP contribution in [-0.4, -0.2) is 9.97 Å². The van der Waals surface area contributed by atoms with Gasteiger partial charge in [0.25, 0.3) is 0 Å². The van der Waals surface area contributed by atoms with Crippen LogP contribution in [0, 0.1) is 0 Å². The average Bonchev–Trinajstić information content (AvgIpc) is 2.29. The second kappa shape index (κ2) is 4.59. The average molecular weight is 279 g/mol.